The molecule has 20 heavy (non-hydrogen) atoms. The van der Waals surface area contributed by atoms with E-state index in [0.717, 1.165) is 26.1 Å². The van der Waals surface area contributed by atoms with Gasteiger partial charge < -0.3 is 20.1 Å². The van der Waals surface area contributed by atoms with Crippen LogP contribution in [0.2, 0.25) is 0 Å². The molecular weight excluding hydrogens is 280 g/mol. The van der Waals surface area contributed by atoms with E-state index < -0.39 is 12.0 Å². The first-order valence-electron chi connectivity index (χ1n) is 6.85. The third kappa shape index (κ3) is 6.00. The van der Waals surface area contributed by atoms with E-state index in [4.69, 9.17) is 9.84 Å². The molecule has 0 bridgehead atoms. The summed E-state index contributed by atoms with van der Waals surface area (Å²) in [4.78, 5) is 24.7. The van der Waals surface area contributed by atoms with Gasteiger partial charge in [0.15, 0.2) is 0 Å². The summed E-state index contributed by atoms with van der Waals surface area (Å²) in [6, 6.07) is -1.13. The van der Waals surface area contributed by atoms with Crippen molar-refractivity contribution in [1.29, 1.82) is 0 Å². The van der Waals surface area contributed by atoms with E-state index in [9.17, 15) is 9.59 Å². The summed E-state index contributed by atoms with van der Waals surface area (Å²) in [5.41, 5.74) is 0. The highest BCUT2D eigenvalue weighted by Crippen LogP contribution is 2.15. The van der Waals surface area contributed by atoms with Crippen LogP contribution in [-0.4, -0.2) is 66.9 Å². The molecule has 1 rings (SSSR count). The summed E-state index contributed by atoms with van der Waals surface area (Å²) in [6.45, 7) is 2.13. The minimum Gasteiger partial charge on any atom is -0.480 e. The van der Waals surface area contributed by atoms with Crippen LogP contribution in [0.4, 0.5) is 4.79 Å². The average Bonchev–Trinajstić information content (AvgIpc) is 2.43. The number of rotatable bonds is 7. The maximum atomic E-state index is 12.0. The molecule has 0 saturated carbocycles. The fourth-order valence-electron chi connectivity index (χ4n) is 2.15. The van der Waals surface area contributed by atoms with Crippen molar-refractivity contribution in [3.63, 3.8) is 0 Å². The van der Waals surface area contributed by atoms with Crippen molar-refractivity contribution >= 4 is 23.8 Å². The predicted molar refractivity (Wildman–Crippen MR) is 79.1 cm³/mol. The van der Waals surface area contributed by atoms with Gasteiger partial charge in [-0.3, -0.25) is 0 Å². The number of nitrogens with zero attached hydrogens (tertiary/aromatic N) is 1. The summed E-state index contributed by atoms with van der Waals surface area (Å²) in [5.74, 6) is 0.168. The van der Waals surface area contributed by atoms with Crippen molar-refractivity contribution in [2.45, 2.75) is 25.3 Å². The molecule has 2 N–H and O–H groups in total. The molecule has 0 aromatic carbocycles. The van der Waals surface area contributed by atoms with Crippen LogP contribution >= 0.6 is 11.8 Å². The summed E-state index contributed by atoms with van der Waals surface area (Å²) in [6.07, 6.45) is 4.25. The summed E-state index contributed by atoms with van der Waals surface area (Å²) < 4.78 is 5.28. The van der Waals surface area contributed by atoms with Crippen molar-refractivity contribution in [3.05, 3.63) is 0 Å². The van der Waals surface area contributed by atoms with Crippen molar-refractivity contribution in [1.82, 2.24) is 10.2 Å². The number of carboxylic acids is 1. The van der Waals surface area contributed by atoms with Crippen molar-refractivity contribution < 1.29 is 19.4 Å². The van der Waals surface area contributed by atoms with Crippen LogP contribution in [0.1, 0.15) is 19.3 Å². The van der Waals surface area contributed by atoms with E-state index in [1.807, 2.05) is 6.26 Å². The van der Waals surface area contributed by atoms with Gasteiger partial charge in [-0.15, -0.1) is 0 Å². The van der Waals surface area contributed by atoms with Crippen molar-refractivity contribution in [2.24, 2.45) is 5.92 Å². The third-order valence-electron chi connectivity index (χ3n) is 3.43. The van der Waals surface area contributed by atoms with E-state index in [-0.39, 0.29) is 6.03 Å². The first kappa shape index (κ1) is 17.1. The Hall–Kier alpha value is -0.950. The number of hydrogen-bond donors (Lipinski definition) is 2. The molecule has 0 radical (unpaired) electrons. The van der Waals surface area contributed by atoms with Gasteiger partial charge in [0.05, 0.1) is 0 Å². The van der Waals surface area contributed by atoms with Gasteiger partial charge in [-0.25, -0.2) is 9.59 Å². The second kappa shape index (κ2) is 9.07. The van der Waals surface area contributed by atoms with Gasteiger partial charge in [0.2, 0.25) is 0 Å². The second-order valence-electron chi connectivity index (χ2n) is 5.06. The van der Waals surface area contributed by atoms with Gasteiger partial charge in [0.25, 0.3) is 0 Å². The molecule has 1 aliphatic heterocycles. The van der Waals surface area contributed by atoms with E-state index in [0.29, 0.717) is 24.6 Å². The Morgan fingerprint density at radius 3 is 2.65 bits per heavy atom. The lowest BCUT2D eigenvalue weighted by atomic mass is 10.00. The van der Waals surface area contributed by atoms with Crippen LogP contribution in [0.5, 0.6) is 0 Å². The lowest BCUT2D eigenvalue weighted by molar-refractivity contribution is -0.139. The molecule has 0 unspecified atom stereocenters. The van der Waals surface area contributed by atoms with Crippen LogP contribution in [0.3, 0.4) is 0 Å². The second-order valence-corrected chi connectivity index (χ2v) is 6.04. The summed E-state index contributed by atoms with van der Waals surface area (Å²) >= 11 is 1.57. The van der Waals surface area contributed by atoms with Crippen LogP contribution in [0.15, 0.2) is 0 Å². The van der Waals surface area contributed by atoms with E-state index in [1.54, 1.807) is 23.7 Å². The highest BCUT2D eigenvalue weighted by Gasteiger charge is 2.23. The van der Waals surface area contributed by atoms with Crippen LogP contribution in [0.25, 0.3) is 0 Å². The van der Waals surface area contributed by atoms with Gasteiger partial charge in [-0.2, -0.15) is 11.8 Å². The molecule has 116 valence electrons. The Bertz CT molecular complexity index is 321. The van der Waals surface area contributed by atoms with E-state index in [1.165, 1.54) is 0 Å². The Balaban J connectivity index is 2.39. The van der Waals surface area contributed by atoms with E-state index >= 15 is 0 Å². The molecule has 0 spiro atoms. The zero-order valence-electron chi connectivity index (χ0n) is 12.1. The lowest BCUT2D eigenvalue weighted by Crippen LogP contribution is -2.48. The fraction of sp³-hybridized carbons (Fsp3) is 0.846. The Labute approximate surface area is 124 Å². The Morgan fingerprint density at radius 1 is 1.45 bits per heavy atom. The first-order valence-corrected chi connectivity index (χ1v) is 8.25. The van der Waals surface area contributed by atoms with Crippen molar-refractivity contribution in [2.75, 3.05) is 38.8 Å². The summed E-state index contributed by atoms with van der Waals surface area (Å²) in [7, 11) is 1.71. The Kier molecular flexibility index (Phi) is 7.76. The number of ether oxygens (including phenoxy) is 1. The summed E-state index contributed by atoms with van der Waals surface area (Å²) in [5, 5.41) is 11.7. The fourth-order valence-corrected chi connectivity index (χ4v) is 2.62. The van der Waals surface area contributed by atoms with Crippen molar-refractivity contribution in [3.8, 4) is 0 Å². The SMILES string of the molecule is CSCC[C@@H](NC(=O)N(C)CC1CCOCC1)C(=O)O. The molecule has 0 aromatic heterocycles. The minimum atomic E-state index is -0.980. The topological polar surface area (TPSA) is 78.9 Å². The number of thioether (sulfide) groups is 1. The maximum Gasteiger partial charge on any atom is 0.326 e. The molecule has 6 nitrogen and oxygen atoms in total. The monoisotopic (exact) mass is 304 g/mol. The molecule has 1 saturated heterocycles. The van der Waals surface area contributed by atoms with Crippen LogP contribution in [-0.2, 0) is 9.53 Å². The largest absolute Gasteiger partial charge is 0.480 e. The number of urea groups is 1. The molecule has 1 fully saturated rings. The number of carbonyl (C=O) groups is 2. The highest BCUT2D eigenvalue weighted by molar-refractivity contribution is 7.98. The zero-order valence-corrected chi connectivity index (χ0v) is 12.9. The molecular formula is C13H24N2O4S. The lowest BCUT2D eigenvalue weighted by Gasteiger charge is -2.28. The van der Waals surface area contributed by atoms with Crippen LogP contribution in [0, 0.1) is 5.92 Å². The number of aliphatic carboxylic acids is 1. The van der Waals surface area contributed by atoms with Gasteiger partial charge in [0, 0.05) is 26.8 Å². The molecule has 0 aromatic rings. The number of nitrogens with one attached hydrogen (secondary N) is 1. The zero-order chi connectivity index (χ0) is 15.0. The highest BCUT2D eigenvalue weighted by atomic mass is 32.2. The van der Waals surface area contributed by atoms with Gasteiger partial charge >= 0.3 is 12.0 Å². The minimum absolute atomic E-state index is 0.315. The number of carbonyl (C=O) groups excluding carboxylic acids is 1. The van der Waals surface area contributed by atoms with Gasteiger partial charge in [-0.1, -0.05) is 0 Å². The first-order chi connectivity index (χ1) is 9.54. The molecule has 2 amide bonds. The van der Waals surface area contributed by atoms with Crippen LogP contribution < -0.4 is 5.32 Å². The van der Waals surface area contributed by atoms with Gasteiger partial charge in [-0.05, 0) is 37.2 Å². The normalized spacial score (nSPS) is 17.5. The standard InChI is InChI=1S/C13H24N2O4S/c1-15(9-10-3-6-19-7-4-10)13(18)14-11(12(16)17)5-8-20-2/h10-11H,3-9H2,1-2H3,(H,14,18)(H,16,17)/t11-/m1/s1. The number of hydrogen-bond acceptors (Lipinski definition) is 4. The predicted octanol–water partition coefficient (Wildman–Crippen LogP) is 1.26. The number of amides is 2. The quantitative estimate of drug-likeness (QED) is 0.740. The molecule has 0 aliphatic carbocycles. The molecule has 7 heteroatoms. The van der Waals surface area contributed by atoms with Gasteiger partial charge in [0.1, 0.15) is 6.04 Å². The smallest absolute Gasteiger partial charge is 0.326 e. The number of carboxylic acid groups (broad SMARTS) is 1. The molecule has 1 aliphatic rings. The Morgan fingerprint density at radius 2 is 2.10 bits per heavy atom. The third-order valence-corrected chi connectivity index (χ3v) is 4.07. The molecule has 1 heterocycles. The average molecular weight is 304 g/mol. The molecule has 1 atom stereocenters. The maximum absolute atomic E-state index is 12.0. The van der Waals surface area contributed by atoms with E-state index in [2.05, 4.69) is 5.32 Å².